The van der Waals surface area contributed by atoms with Crippen molar-refractivity contribution in [2.45, 2.75) is 12.3 Å². The SMILES string of the molecule is COCC(=O)N1CC(NC(O)c2cnc(N)c3cc(-c4cccc(F)c4)ccc23)C1. The number of hydrogen-bond acceptors (Lipinski definition) is 6. The maximum absolute atomic E-state index is 13.6. The van der Waals surface area contributed by atoms with Crippen molar-refractivity contribution >= 4 is 22.5 Å². The average molecular weight is 410 g/mol. The van der Waals surface area contributed by atoms with Crippen LogP contribution in [0.15, 0.2) is 48.7 Å². The summed E-state index contributed by atoms with van der Waals surface area (Å²) in [6.45, 7) is 1.06. The van der Waals surface area contributed by atoms with Crippen LogP contribution in [0.2, 0.25) is 0 Å². The summed E-state index contributed by atoms with van der Waals surface area (Å²) in [4.78, 5) is 17.7. The molecule has 1 aromatic heterocycles. The Morgan fingerprint density at radius 3 is 2.80 bits per heavy atom. The lowest BCUT2D eigenvalue weighted by atomic mass is 9.98. The van der Waals surface area contributed by atoms with Gasteiger partial charge >= 0.3 is 0 Å². The molecule has 4 N–H and O–H groups in total. The number of ether oxygens (including phenoxy) is 1. The average Bonchev–Trinajstić information content (AvgIpc) is 2.70. The number of halogens is 1. The van der Waals surface area contributed by atoms with Crippen LogP contribution < -0.4 is 11.1 Å². The molecule has 0 radical (unpaired) electrons. The first kappa shape index (κ1) is 20.2. The molecule has 1 fully saturated rings. The summed E-state index contributed by atoms with van der Waals surface area (Å²) in [5.41, 5.74) is 8.21. The standard InChI is InChI=1S/C22H23FN4O3/c1-30-12-20(28)27-10-16(11-27)26-22(29)19-9-25-21(24)18-8-14(5-6-17(18)19)13-3-2-4-15(23)7-13/h2-9,16,22,26,29H,10-12H2,1H3,(H2,24,25). The number of aliphatic hydroxyl groups is 1. The van der Waals surface area contributed by atoms with Crippen LogP contribution in [0.3, 0.4) is 0 Å². The molecule has 156 valence electrons. The molecular formula is C22H23FN4O3. The van der Waals surface area contributed by atoms with Gasteiger partial charge in [0.2, 0.25) is 5.91 Å². The highest BCUT2D eigenvalue weighted by atomic mass is 19.1. The van der Waals surface area contributed by atoms with E-state index < -0.39 is 6.23 Å². The second-order valence-corrected chi connectivity index (χ2v) is 7.37. The van der Waals surface area contributed by atoms with E-state index in [1.54, 1.807) is 17.2 Å². The van der Waals surface area contributed by atoms with Crippen LogP contribution in [0.25, 0.3) is 21.9 Å². The molecule has 1 aliphatic rings. The minimum atomic E-state index is -0.967. The monoisotopic (exact) mass is 410 g/mol. The molecule has 0 bridgehead atoms. The molecule has 1 aliphatic heterocycles. The molecule has 4 rings (SSSR count). The van der Waals surface area contributed by atoms with Gasteiger partial charge in [-0.1, -0.05) is 24.3 Å². The lowest BCUT2D eigenvalue weighted by molar-refractivity contribution is -0.140. The van der Waals surface area contributed by atoms with Gasteiger partial charge in [-0.25, -0.2) is 9.37 Å². The summed E-state index contributed by atoms with van der Waals surface area (Å²) in [6.07, 6.45) is 0.578. The molecule has 0 saturated carbocycles. The molecule has 0 spiro atoms. The number of nitrogens with one attached hydrogen (secondary N) is 1. The van der Waals surface area contributed by atoms with Crippen molar-refractivity contribution in [3.8, 4) is 11.1 Å². The quantitative estimate of drug-likeness (QED) is 0.538. The summed E-state index contributed by atoms with van der Waals surface area (Å²) in [5.74, 6) is -0.0562. The number of carbonyl (C=O) groups is 1. The van der Waals surface area contributed by atoms with Crippen LogP contribution in [0.4, 0.5) is 10.2 Å². The molecule has 0 aliphatic carbocycles. The first-order chi connectivity index (χ1) is 14.5. The Bertz CT molecular complexity index is 1090. The normalized spacial score (nSPS) is 15.2. The third-order valence-corrected chi connectivity index (χ3v) is 5.30. The Labute approximate surface area is 173 Å². The number of hydrogen-bond donors (Lipinski definition) is 3. The fraction of sp³-hybridized carbons (Fsp3) is 0.273. The smallest absolute Gasteiger partial charge is 0.248 e. The number of carbonyl (C=O) groups excluding carboxylic acids is 1. The minimum Gasteiger partial charge on any atom is -0.383 e. The first-order valence-electron chi connectivity index (χ1n) is 9.61. The fourth-order valence-corrected chi connectivity index (χ4v) is 3.67. The number of fused-ring (bicyclic) bond motifs is 1. The van der Waals surface area contributed by atoms with E-state index >= 15 is 0 Å². The predicted octanol–water partition coefficient (Wildman–Crippen LogP) is 2.06. The van der Waals surface area contributed by atoms with Gasteiger partial charge in [0.15, 0.2) is 0 Å². The molecule has 2 aromatic carbocycles. The van der Waals surface area contributed by atoms with Gasteiger partial charge < -0.3 is 20.5 Å². The van der Waals surface area contributed by atoms with Crippen LogP contribution in [-0.2, 0) is 9.53 Å². The van der Waals surface area contributed by atoms with Crippen molar-refractivity contribution in [3.05, 3.63) is 60.0 Å². The number of aromatic nitrogens is 1. The third-order valence-electron chi connectivity index (χ3n) is 5.30. The number of methoxy groups -OCH3 is 1. The van der Waals surface area contributed by atoms with Crippen molar-refractivity contribution < 1.29 is 19.0 Å². The van der Waals surface area contributed by atoms with E-state index in [0.29, 0.717) is 29.9 Å². The van der Waals surface area contributed by atoms with E-state index in [0.717, 1.165) is 16.5 Å². The highest BCUT2D eigenvalue weighted by Crippen LogP contribution is 2.31. The maximum Gasteiger partial charge on any atom is 0.248 e. The van der Waals surface area contributed by atoms with E-state index in [9.17, 15) is 14.3 Å². The molecule has 1 unspecified atom stereocenters. The van der Waals surface area contributed by atoms with Gasteiger partial charge in [0.05, 0.1) is 0 Å². The largest absolute Gasteiger partial charge is 0.383 e. The highest BCUT2D eigenvalue weighted by Gasteiger charge is 2.32. The molecule has 1 saturated heterocycles. The second-order valence-electron chi connectivity index (χ2n) is 7.37. The van der Waals surface area contributed by atoms with Crippen LogP contribution in [0, 0.1) is 5.82 Å². The zero-order valence-corrected chi connectivity index (χ0v) is 16.5. The van der Waals surface area contributed by atoms with Crippen LogP contribution in [-0.4, -0.2) is 53.7 Å². The summed E-state index contributed by atoms with van der Waals surface area (Å²) in [5, 5.41) is 15.3. The lowest BCUT2D eigenvalue weighted by Gasteiger charge is -2.40. The minimum absolute atomic E-state index is 0.0278. The number of rotatable bonds is 6. The Morgan fingerprint density at radius 1 is 1.30 bits per heavy atom. The molecular weight excluding hydrogens is 387 g/mol. The summed E-state index contributed by atoms with van der Waals surface area (Å²) in [7, 11) is 1.48. The Balaban J connectivity index is 1.55. The van der Waals surface area contributed by atoms with Crippen molar-refractivity contribution in [2.24, 2.45) is 0 Å². The number of nitrogen functional groups attached to an aromatic ring is 1. The Kier molecular flexibility index (Phi) is 5.63. The lowest BCUT2D eigenvalue weighted by Crippen LogP contribution is -2.61. The van der Waals surface area contributed by atoms with Gasteiger partial charge in [0.1, 0.15) is 24.5 Å². The van der Waals surface area contributed by atoms with Crippen molar-refractivity contribution in [3.63, 3.8) is 0 Å². The van der Waals surface area contributed by atoms with E-state index in [4.69, 9.17) is 10.5 Å². The van der Waals surface area contributed by atoms with Gasteiger partial charge in [0.25, 0.3) is 0 Å². The zero-order chi connectivity index (χ0) is 21.3. The molecule has 30 heavy (non-hydrogen) atoms. The van der Waals surface area contributed by atoms with Gasteiger partial charge in [-0.2, -0.15) is 0 Å². The summed E-state index contributed by atoms with van der Waals surface area (Å²) < 4.78 is 18.4. The molecule has 1 atom stereocenters. The van der Waals surface area contributed by atoms with Gasteiger partial charge in [-0.3, -0.25) is 10.1 Å². The van der Waals surface area contributed by atoms with Gasteiger partial charge in [-0.15, -0.1) is 0 Å². The number of aliphatic hydroxyl groups excluding tert-OH is 1. The van der Waals surface area contributed by atoms with Crippen molar-refractivity contribution in [2.75, 3.05) is 32.5 Å². The van der Waals surface area contributed by atoms with E-state index in [-0.39, 0.29) is 24.4 Å². The number of pyridine rings is 1. The number of nitrogens with zero attached hydrogens (tertiary/aromatic N) is 2. The predicted molar refractivity (Wildman–Crippen MR) is 112 cm³/mol. The maximum atomic E-state index is 13.6. The van der Waals surface area contributed by atoms with Crippen molar-refractivity contribution in [1.29, 1.82) is 0 Å². The number of nitrogens with two attached hydrogens (primary N) is 1. The van der Waals surface area contributed by atoms with Gasteiger partial charge in [-0.05, 0) is 34.7 Å². The zero-order valence-electron chi connectivity index (χ0n) is 16.5. The molecule has 8 heteroatoms. The van der Waals surface area contributed by atoms with Crippen LogP contribution >= 0.6 is 0 Å². The number of benzene rings is 2. The molecule has 7 nitrogen and oxygen atoms in total. The van der Waals surface area contributed by atoms with E-state index in [1.807, 2.05) is 24.3 Å². The summed E-state index contributed by atoms with van der Waals surface area (Å²) in [6, 6.07) is 11.9. The number of amides is 1. The molecule has 1 amide bonds. The number of likely N-dealkylation sites (tertiary alicyclic amines) is 1. The molecule has 2 heterocycles. The van der Waals surface area contributed by atoms with Crippen LogP contribution in [0.1, 0.15) is 11.8 Å². The van der Waals surface area contributed by atoms with Crippen molar-refractivity contribution in [1.82, 2.24) is 15.2 Å². The second kappa shape index (κ2) is 8.35. The Morgan fingerprint density at radius 2 is 2.07 bits per heavy atom. The Hall–Kier alpha value is -3.07. The topological polar surface area (TPSA) is 101 Å². The molecule has 3 aromatic rings. The van der Waals surface area contributed by atoms with E-state index in [2.05, 4.69) is 10.3 Å². The summed E-state index contributed by atoms with van der Waals surface area (Å²) >= 11 is 0. The van der Waals surface area contributed by atoms with Crippen LogP contribution in [0.5, 0.6) is 0 Å². The highest BCUT2D eigenvalue weighted by molar-refractivity contribution is 5.96. The third kappa shape index (κ3) is 3.97. The number of anilines is 1. The van der Waals surface area contributed by atoms with E-state index in [1.165, 1.54) is 19.2 Å². The van der Waals surface area contributed by atoms with Gasteiger partial charge in [0, 0.05) is 43.4 Å². The fourth-order valence-electron chi connectivity index (χ4n) is 3.67. The first-order valence-corrected chi connectivity index (χ1v) is 9.61.